The van der Waals surface area contributed by atoms with Gasteiger partial charge in [-0.25, -0.2) is 0 Å². The predicted octanol–water partition coefficient (Wildman–Crippen LogP) is 6.08. The van der Waals surface area contributed by atoms with Gasteiger partial charge in [0.1, 0.15) is 12.1 Å². The summed E-state index contributed by atoms with van der Waals surface area (Å²) in [4.78, 5) is 60.3. The van der Waals surface area contributed by atoms with Crippen molar-refractivity contribution in [1.82, 2.24) is 10.2 Å². The molecule has 0 spiro atoms. The van der Waals surface area contributed by atoms with Crippen molar-refractivity contribution in [3.05, 3.63) is 89.3 Å². The SMILES string of the molecule is O=C(NC1CCC[C@H]2CC[C@@H](C(=O)Nc3ccc(-c4ccccc4)cc3)N2C1=O)c1cc2cc(C(F)(F)P(=O)(O)O)ccc2s1. The van der Waals surface area contributed by atoms with Crippen LogP contribution in [0.15, 0.2) is 78.9 Å². The molecule has 45 heavy (non-hydrogen) atoms. The fourth-order valence-electron chi connectivity index (χ4n) is 6.09. The van der Waals surface area contributed by atoms with E-state index in [9.17, 15) is 27.7 Å². The minimum absolute atomic E-state index is 0.117. The molecule has 2 aliphatic rings. The zero-order valence-electron chi connectivity index (χ0n) is 23.9. The average Bonchev–Trinajstić information content (AvgIpc) is 3.61. The molecule has 2 saturated heterocycles. The maximum atomic E-state index is 14.2. The number of carbonyl (C=O) groups is 3. The van der Waals surface area contributed by atoms with Gasteiger partial charge in [0.25, 0.3) is 5.91 Å². The number of carbonyl (C=O) groups excluding carboxylic acids is 3. The van der Waals surface area contributed by atoms with Gasteiger partial charge in [-0.1, -0.05) is 48.5 Å². The second kappa shape index (κ2) is 12.1. The van der Waals surface area contributed by atoms with Gasteiger partial charge in [-0.15, -0.1) is 11.3 Å². The van der Waals surface area contributed by atoms with Gasteiger partial charge in [0, 0.05) is 22.0 Å². The molecule has 13 heteroatoms. The number of thiophene rings is 1. The van der Waals surface area contributed by atoms with Crippen LogP contribution in [0.3, 0.4) is 0 Å². The van der Waals surface area contributed by atoms with Crippen molar-refractivity contribution < 1.29 is 37.5 Å². The van der Waals surface area contributed by atoms with E-state index < -0.39 is 36.8 Å². The summed E-state index contributed by atoms with van der Waals surface area (Å²) in [5.74, 6) is -1.21. The number of halogens is 2. The molecule has 3 atom stereocenters. The summed E-state index contributed by atoms with van der Waals surface area (Å²) in [6, 6.07) is 20.2. The van der Waals surface area contributed by atoms with Crippen molar-refractivity contribution >= 4 is 52.4 Å². The molecule has 0 aliphatic carbocycles. The van der Waals surface area contributed by atoms with E-state index in [4.69, 9.17) is 9.79 Å². The summed E-state index contributed by atoms with van der Waals surface area (Å²) in [6.45, 7) is 0. The first-order chi connectivity index (χ1) is 21.4. The number of rotatable bonds is 7. The molecule has 2 aliphatic heterocycles. The summed E-state index contributed by atoms with van der Waals surface area (Å²) in [5.41, 5.74) is -2.56. The van der Waals surface area contributed by atoms with Gasteiger partial charge >= 0.3 is 13.3 Å². The molecule has 0 bridgehead atoms. The van der Waals surface area contributed by atoms with E-state index in [1.807, 2.05) is 54.6 Å². The normalized spacial score (nSPS) is 20.5. The lowest BCUT2D eigenvalue weighted by Gasteiger charge is -2.30. The van der Waals surface area contributed by atoms with Crippen molar-refractivity contribution in [1.29, 1.82) is 0 Å². The van der Waals surface area contributed by atoms with Crippen LogP contribution in [-0.4, -0.2) is 50.5 Å². The highest BCUT2D eigenvalue weighted by Gasteiger charge is 2.50. The Kier molecular flexibility index (Phi) is 8.34. The third kappa shape index (κ3) is 6.15. The fraction of sp³-hybridized carbons (Fsp3) is 0.281. The van der Waals surface area contributed by atoms with E-state index in [0.717, 1.165) is 34.6 Å². The number of alkyl halides is 2. The van der Waals surface area contributed by atoms with Crippen LogP contribution < -0.4 is 10.6 Å². The molecule has 6 rings (SSSR count). The molecule has 3 aromatic carbocycles. The number of hydrogen-bond acceptors (Lipinski definition) is 5. The molecule has 234 valence electrons. The van der Waals surface area contributed by atoms with Crippen molar-refractivity contribution in [3.8, 4) is 11.1 Å². The molecular weight excluding hydrogens is 623 g/mol. The Hall–Kier alpha value is -3.96. The zero-order chi connectivity index (χ0) is 31.9. The van der Waals surface area contributed by atoms with Crippen LogP contribution in [0.5, 0.6) is 0 Å². The third-order valence-corrected chi connectivity index (χ3v) is 10.5. The standard InChI is InChI=1S/C32H30F2N3O6PS/c33-32(34,44(41,42)43)22-11-16-27-21(17-22)18-28(45-27)30(39)36-25-8-4-7-24-14-15-26(37(24)31(25)40)29(38)35-23-12-9-20(10-13-23)19-5-2-1-3-6-19/h1-3,5-6,9-13,16-18,24-26H,4,7-8,14-15H2,(H,35,38)(H,36,39)(H2,41,42,43)/t24-,25?,26-/m0/s1. The molecule has 3 heterocycles. The lowest BCUT2D eigenvalue weighted by molar-refractivity contribution is -0.139. The molecular formula is C32H30F2N3O6PS. The lowest BCUT2D eigenvalue weighted by atomic mass is 10.0. The highest BCUT2D eigenvalue weighted by Crippen LogP contribution is 2.59. The number of benzene rings is 3. The Morgan fingerprint density at radius 2 is 1.62 bits per heavy atom. The van der Waals surface area contributed by atoms with E-state index in [1.54, 1.807) is 4.90 Å². The summed E-state index contributed by atoms with van der Waals surface area (Å²) >= 11 is 1.01. The van der Waals surface area contributed by atoms with Crippen LogP contribution >= 0.6 is 18.9 Å². The number of fused-ring (bicyclic) bond motifs is 2. The Labute approximate surface area is 261 Å². The van der Waals surface area contributed by atoms with Crippen LogP contribution in [0.2, 0.25) is 0 Å². The van der Waals surface area contributed by atoms with Crippen molar-refractivity contribution in [2.45, 2.75) is 55.9 Å². The molecule has 0 saturated carbocycles. The van der Waals surface area contributed by atoms with E-state index in [0.29, 0.717) is 42.5 Å². The summed E-state index contributed by atoms with van der Waals surface area (Å²) < 4.78 is 40.2. The first-order valence-electron chi connectivity index (χ1n) is 14.5. The van der Waals surface area contributed by atoms with Gasteiger partial charge in [0.2, 0.25) is 11.8 Å². The summed E-state index contributed by atoms with van der Waals surface area (Å²) in [5, 5.41) is 5.93. The average molecular weight is 654 g/mol. The first-order valence-corrected chi connectivity index (χ1v) is 16.9. The van der Waals surface area contributed by atoms with Gasteiger partial charge in [0.05, 0.1) is 4.88 Å². The van der Waals surface area contributed by atoms with Crippen LogP contribution in [0.25, 0.3) is 21.2 Å². The number of nitrogens with one attached hydrogen (secondary N) is 2. The summed E-state index contributed by atoms with van der Waals surface area (Å²) in [6.07, 6.45) is 2.93. The number of hydrogen-bond donors (Lipinski definition) is 4. The van der Waals surface area contributed by atoms with Crippen LogP contribution in [0.4, 0.5) is 14.5 Å². The predicted molar refractivity (Wildman–Crippen MR) is 167 cm³/mol. The number of anilines is 1. The first kappa shape index (κ1) is 31.0. The van der Waals surface area contributed by atoms with Crippen molar-refractivity contribution in [3.63, 3.8) is 0 Å². The van der Waals surface area contributed by atoms with Gasteiger partial charge in [-0.05, 0) is 78.9 Å². The van der Waals surface area contributed by atoms with Gasteiger partial charge in [-0.3, -0.25) is 18.9 Å². The maximum Gasteiger partial charge on any atom is 0.399 e. The van der Waals surface area contributed by atoms with Crippen LogP contribution in [-0.2, 0) is 19.8 Å². The molecule has 3 amide bonds. The molecule has 0 radical (unpaired) electrons. The highest BCUT2D eigenvalue weighted by atomic mass is 32.1. The second-order valence-electron chi connectivity index (χ2n) is 11.3. The molecule has 1 unspecified atom stereocenters. The minimum Gasteiger partial charge on any atom is -0.340 e. The van der Waals surface area contributed by atoms with Gasteiger partial charge in [0.15, 0.2) is 0 Å². The fourth-order valence-corrected chi connectivity index (χ4v) is 7.52. The molecule has 1 aromatic heterocycles. The summed E-state index contributed by atoms with van der Waals surface area (Å²) in [7, 11) is -5.75. The third-order valence-electron chi connectivity index (χ3n) is 8.41. The van der Waals surface area contributed by atoms with Gasteiger partial charge in [-0.2, -0.15) is 8.78 Å². The lowest BCUT2D eigenvalue weighted by Crippen LogP contribution is -2.53. The van der Waals surface area contributed by atoms with E-state index in [-0.39, 0.29) is 28.1 Å². The largest absolute Gasteiger partial charge is 0.399 e. The van der Waals surface area contributed by atoms with Crippen LogP contribution in [0.1, 0.15) is 47.3 Å². The molecule has 2 fully saturated rings. The van der Waals surface area contributed by atoms with E-state index in [1.165, 1.54) is 12.1 Å². The van der Waals surface area contributed by atoms with Crippen molar-refractivity contribution in [2.75, 3.05) is 5.32 Å². The van der Waals surface area contributed by atoms with Crippen molar-refractivity contribution in [2.24, 2.45) is 0 Å². The second-order valence-corrected chi connectivity index (χ2v) is 14.1. The Morgan fingerprint density at radius 3 is 2.33 bits per heavy atom. The zero-order valence-corrected chi connectivity index (χ0v) is 25.6. The number of amides is 3. The highest BCUT2D eigenvalue weighted by molar-refractivity contribution is 7.52. The topological polar surface area (TPSA) is 136 Å². The maximum absolute atomic E-state index is 14.2. The molecule has 9 nitrogen and oxygen atoms in total. The smallest absolute Gasteiger partial charge is 0.340 e. The number of nitrogens with zero attached hydrogens (tertiary/aromatic N) is 1. The molecule has 4 N–H and O–H groups in total. The minimum atomic E-state index is -5.75. The van der Waals surface area contributed by atoms with Gasteiger partial charge < -0.3 is 25.3 Å². The Morgan fingerprint density at radius 1 is 0.911 bits per heavy atom. The van der Waals surface area contributed by atoms with E-state index in [2.05, 4.69) is 10.6 Å². The van der Waals surface area contributed by atoms with Crippen LogP contribution in [0, 0.1) is 0 Å². The monoisotopic (exact) mass is 653 g/mol. The Bertz CT molecular complexity index is 1810. The Balaban J connectivity index is 1.15. The quantitative estimate of drug-likeness (QED) is 0.179. The molecule has 4 aromatic rings. The van der Waals surface area contributed by atoms with E-state index >= 15 is 0 Å².